The molecule has 0 spiro atoms. The van der Waals surface area contributed by atoms with E-state index in [4.69, 9.17) is 4.42 Å². The van der Waals surface area contributed by atoms with Gasteiger partial charge in [0.25, 0.3) is 5.91 Å². The first kappa shape index (κ1) is 19.2. The minimum atomic E-state index is -2.31. The third kappa shape index (κ3) is 3.92. The normalized spacial score (nSPS) is 10.5. The Kier molecular flexibility index (Phi) is 5.80. The van der Waals surface area contributed by atoms with Crippen LogP contribution < -0.4 is 10.1 Å². The van der Waals surface area contributed by atoms with Crippen LogP contribution in [0.4, 0.5) is 22.0 Å². The molecule has 0 radical (unpaired) electrons. The third-order valence-electron chi connectivity index (χ3n) is 3.03. The van der Waals surface area contributed by atoms with Crippen molar-refractivity contribution in [3.8, 4) is 5.75 Å². The highest BCUT2D eigenvalue weighted by atomic mass is 19.2. The first-order chi connectivity index (χ1) is 12.3. The number of esters is 1. The second-order valence-corrected chi connectivity index (χ2v) is 4.71. The van der Waals surface area contributed by atoms with Crippen LogP contribution >= 0.6 is 0 Å². The summed E-state index contributed by atoms with van der Waals surface area (Å²) in [5, 5.41) is 2.17. The molecule has 1 aromatic heterocycles. The van der Waals surface area contributed by atoms with Crippen LogP contribution in [0.25, 0.3) is 0 Å². The van der Waals surface area contributed by atoms with Crippen molar-refractivity contribution in [3.05, 3.63) is 52.7 Å². The lowest BCUT2D eigenvalue weighted by atomic mass is 10.2. The molecule has 1 amide bonds. The fourth-order valence-corrected chi connectivity index (χ4v) is 1.74. The molecule has 0 bridgehead atoms. The fraction of sp³-hybridized carbons (Fsp3) is 0.200. The van der Waals surface area contributed by atoms with Gasteiger partial charge in [0.05, 0.1) is 7.11 Å². The van der Waals surface area contributed by atoms with Crippen LogP contribution in [0.15, 0.2) is 16.5 Å². The van der Waals surface area contributed by atoms with Crippen molar-refractivity contribution in [2.24, 2.45) is 0 Å². The standard InChI is InChI=1S/C15H10F5NO5/c1-24-8(22)4-21-15(23)7-3-2-6(26-7)5-25-14-12(19)10(17)9(16)11(18)13(14)20/h2-3H,4-5H2,1H3,(H,21,23). The van der Waals surface area contributed by atoms with Gasteiger partial charge in [0, 0.05) is 0 Å². The monoisotopic (exact) mass is 379 g/mol. The van der Waals surface area contributed by atoms with Crippen molar-refractivity contribution < 1.29 is 45.4 Å². The van der Waals surface area contributed by atoms with Crippen LogP contribution in [-0.2, 0) is 16.1 Å². The van der Waals surface area contributed by atoms with Gasteiger partial charge in [-0.3, -0.25) is 9.59 Å². The number of carbonyl (C=O) groups excluding carboxylic acids is 2. The average Bonchev–Trinajstić information content (AvgIpc) is 3.11. The van der Waals surface area contributed by atoms with Gasteiger partial charge >= 0.3 is 5.97 Å². The van der Waals surface area contributed by atoms with E-state index in [2.05, 4.69) is 14.8 Å². The zero-order valence-electron chi connectivity index (χ0n) is 13.0. The lowest BCUT2D eigenvalue weighted by Gasteiger charge is -2.09. The quantitative estimate of drug-likeness (QED) is 0.361. The highest BCUT2D eigenvalue weighted by molar-refractivity contribution is 5.93. The van der Waals surface area contributed by atoms with Gasteiger partial charge in [-0.2, -0.15) is 8.78 Å². The van der Waals surface area contributed by atoms with Crippen molar-refractivity contribution in [2.75, 3.05) is 13.7 Å². The lowest BCUT2D eigenvalue weighted by Crippen LogP contribution is -2.29. The zero-order chi connectivity index (χ0) is 19.4. The van der Waals surface area contributed by atoms with Crippen LogP contribution in [0, 0.1) is 29.1 Å². The SMILES string of the molecule is COC(=O)CNC(=O)c1ccc(COc2c(F)c(F)c(F)c(F)c2F)o1. The molecule has 0 aliphatic carbocycles. The molecule has 11 heteroatoms. The topological polar surface area (TPSA) is 77.8 Å². The molecule has 1 aromatic carbocycles. The molecule has 26 heavy (non-hydrogen) atoms. The Morgan fingerprint density at radius 1 is 1.00 bits per heavy atom. The fourth-order valence-electron chi connectivity index (χ4n) is 1.74. The van der Waals surface area contributed by atoms with Gasteiger partial charge in [0.2, 0.25) is 29.1 Å². The van der Waals surface area contributed by atoms with Crippen molar-refractivity contribution >= 4 is 11.9 Å². The molecule has 140 valence electrons. The number of halogens is 5. The van der Waals surface area contributed by atoms with E-state index in [1.807, 2.05) is 0 Å². The molecule has 0 saturated heterocycles. The van der Waals surface area contributed by atoms with Gasteiger partial charge < -0.3 is 19.2 Å². The molecule has 2 aromatic rings. The van der Waals surface area contributed by atoms with E-state index in [0.29, 0.717) is 0 Å². The number of hydrogen-bond acceptors (Lipinski definition) is 5. The lowest BCUT2D eigenvalue weighted by molar-refractivity contribution is -0.139. The summed E-state index contributed by atoms with van der Waals surface area (Å²) in [5.41, 5.74) is 0. The van der Waals surface area contributed by atoms with E-state index in [1.165, 1.54) is 6.07 Å². The highest BCUT2D eigenvalue weighted by Crippen LogP contribution is 2.29. The molecule has 0 unspecified atom stereocenters. The van der Waals surface area contributed by atoms with E-state index < -0.39 is 59.9 Å². The van der Waals surface area contributed by atoms with E-state index in [9.17, 15) is 31.5 Å². The van der Waals surface area contributed by atoms with Crippen molar-refractivity contribution in [1.82, 2.24) is 5.32 Å². The summed E-state index contributed by atoms with van der Waals surface area (Å²) in [7, 11) is 1.12. The van der Waals surface area contributed by atoms with Gasteiger partial charge in [-0.15, -0.1) is 0 Å². The Morgan fingerprint density at radius 3 is 2.15 bits per heavy atom. The summed E-state index contributed by atoms with van der Waals surface area (Å²) in [4.78, 5) is 22.6. The molecule has 1 N–H and O–H groups in total. The minimum Gasteiger partial charge on any atom is -0.479 e. The number of benzene rings is 1. The molecule has 0 aliphatic rings. The first-order valence-electron chi connectivity index (χ1n) is 6.84. The predicted octanol–water partition coefficient (Wildman–Crippen LogP) is 2.46. The summed E-state index contributed by atoms with van der Waals surface area (Å²) in [6, 6.07) is 2.34. The largest absolute Gasteiger partial charge is 0.479 e. The zero-order valence-corrected chi connectivity index (χ0v) is 13.0. The highest BCUT2D eigenvalue weighted by Gasteiger charge is 2.27. The van der Waals surface area contributed by atoms with Crippen LogP contribution in [-0.4, -0.2) is 25.5 Å². The van der Waals surface area contributed by atoms with Gasteiger partial charge in [-0.1, -0.05) is 0 Å². The molecule has 0 atom stereocenters. The third-order valence-corrected chi connectivity index (χ3v) is 3.03. The average molecular weight is 379 g/mol. The van der Waals surface area contributed by atoms with Crippen LogP contribution in [0.3, 0.4) is 0 Å². The van der Waals surface area contributed by atoms with E-state index in [-0.39, 0.29) is 11.5 Å². The maximum atomic E-state index is 13.5. The Bertz CT molecular complexity index is 822. The van der Waals surface area contributed by atoms with Crippen LogP contribution in [0.1, 0.15) is 16.3 Å². The van der Waals surface area contributed by atoms with Crippen LogP contribution in [0.2, 0.25) is 0 Å². The second-order valence-electron chi connectivity index (χ2n) is 4.71. The van der Waals surface area contributed by atoms with E-state index in [1.54, 1.807) is 0 Å². The maximum Gasteiger partial charge on any atom is 0.325 e. The summed E-state index contributed by atoms with van der Waals surface area (Å²) >= 11 is 0. The van der Waals surface area contributed by atoms with Gasteiger partial charge in [0.15, 0.2) is 11.5 Å². The number of methoxy groups -OCH3 is 1. The Labute approximate surface area is 142 Å². The number of rotatable bonds is 6. The summed E-state index contributed by atoms with van der Waals surface area (Å²) in [6.45, 7) is -1.14. The molecule has 0 saturated carbocycles. The molecule has 2 rings (SSSR count). The smallest absolute Gasteiger partial charge is 0.325 e. The van der Waals surface area contributed by atoms with Gasteiger partial charge in [-0.25, -0.2) is 13.2 Å². The number of ether oxygens (including phenoxy) is 2. The van der Waals surface area contributed by atoms with Gasteiger partial charge in [0.1, 0.15) is 18.9 Å². The van der Waals surface area contributed by atoms with Crippen molar-refractivity contribution in [1.29, 1.82) is 0 Å². The summed E-state index contributed by atoms with van der Waals surface area (Å²) < 4.78 is 79.9. The number of nitrogens with one attached hydrogen (secondary N) is 1. The molecule has 1 heterocycles. The van der Waals surface area contributed by atoms with Crippen molar-refractivity contribution in [3.63, 3.8) is 0 Å². The predicted molar refractivity (Wildman–Crippen MR) is 73.6 cm³/mol. The Morgan fingerprint density at radius 2 is 1.58 bits per heavy atom. The Hall–Kier alpha value is -3.11. The molecule has 0 fully saturated rings. The molecular weight excluding hydrogens is 369 g/mol. The number of amides is 1. The van der Waals surface area contributed by atoms with E-state index in [0.717, 1.165) is 13.2 Å². The second kappa shape index (κ2) is 7.85. The summed E-state index contributed by atoms with van der Waals surface area (Å²) in [5.74, 6) is -14.3. The molecule has 0 aliphatic heterocycles. The number of furan rings is 1. The Balaban J connectivity index is 2.07. The minimum absolute atomic E-state index is 0.142. The van der Waals surface area contributed by atoms with E-state index >= 15 is 0 Å². The number of carbonyl (C=O) groups is 2. The summed E-state index contributed by atoms with van der Waals surface area (Å²) in [6.07, 6.45) is 0. The van der Waals surface area contributed by atoms with Gasteiger partial charge in [-0.05, 0) is 12.1 Å². The van der Waals surface area contributed by atoms with Crippen molar-refractivity contribution in [2.45, 2.75) is 6.61 Å². The van der Waals surface area contributed by atoms with Crippen LogP contribution in [0.5, 0.6) is 5.75 Å². The number of hydrogen-bond donors (Lipinski definition) is 1. The molecule has 6 nitrogen and oxygen atoms in total. The molecular formula is C15H10F5NO5. The maximum absolute atomic E-state index is 13.5. The first-order valence-corrected chi connectivity index (χ1v) is 6.84.